The molecular weight excluding hydrogens is 276 g/mol. The lowest BCUT2D eigenvalue weighted by Crippen LogP contribution is -2.37. The van der Waals surface area contributed by atoms with Gasteiger partial charge in [-0.2, -0.15) is 4.98 Å². The SMILES string of the molecule is Cc1cc(N2CCOCC2)nc(NC(C)c2ccccc2)n1. The van der Waals surface area contributed by atoms with Crippen molar-refractivity contribution in [2.75, 3.05) is 36.5 Å². The van der Waals surface area contributed by atoms with E-state index in [9.17, 15) is 0 Å². The maximum Gasteiger partial charge on any atom is 0.225 e. The van der Waals surface area contributed by atoms with Gasteiger partial charge in [0, 0.05) is 24.8 Å². The molecule has 1 saturated heterocycles. The second kappa shape index (κ2) is 6.75. The molecule has 0 radical (unpaired) electrons. The van der Waals surface area contributed by atoms with Gasteiger partial charge in [-0.1, -0.05) is 30.3 Å². The predicted octanol–water partition coefficient (Wildman–Crippen LogP) is 2.79. The number of anilines is 2. The molecule has 1 aromatic heterocycles. The molecule has 0 bridgehead atoms. The Balaban J connectivity index is 1.77. The van der Waals surface area contributed by atoms with Gasteiger partial charge in [0.25, 0.3) is 0 Å². The fraction of sp³-hybridized carbons (Fsp3) is 0.412. The number of ether oxygens (including phenoxy) is 1. The first-order valence-electron chi connectivity index (χ1n) is 7.72. The third-order valence-electron chi connectivity index (χ3n) is 3.82. The van der Waals surface area contributed by atoms with Crippen LogP contribution >= 0.6 is 0 Å². The Bertz CT molecular complexity index is 611. The summed E-state index contributed by atoms with van der Waals surface area (Å²) in [5.41, 5.74) is 2.19. The lowest BCUT2D eigenvalue weighted by atomic mass is 10.1. The molecule has 1 aliphatic rings. The van der Waals surface area contributed by atoms with Crippen molar-refractivity contribution in [1.82, 2.24) is 9.97 Å². The number of nitrogens with zero attached hydrogens (tertiary/aromatic N) is 3. The maximum atomic E-state index is 5.40. The van der Waals surface area contributed by atoms with E-state index >= 15 is 0 Å². The minimum atomic E-state index is 0.167. The summed E-state index contributed by atoms with van der Waals surface area (Å²) in [6.45, 7) is 7.39. The molecule has 1 aliphatic heterocycles. The van der Waals surface area contributed by atoms with E-state index in [-0.39, 0.29) is 6.04 Å². The van der Waals surface area contributed by atoms with Gasteiger partial charge in [0.1, 0.15) is 5.82 Å². The van der Waals surface area contributed by atoms with E-state index in [4.69, 9.17) is 4.74 Å². The Labute approximate surface area is 131 Å². The Morgan fingerprint density at radius 2 is 1.86 bits per heavy atom. The topological polar surface area (TPSA) is 50.3 Å². The fourth-order valence-electron chi connectivity index (χ4n) is 2.59. The molecule has 1 aromatic carbocycles. The van der Waals surface area contributed by atoms with Crippen LogP contribution in [0.25, 0.3) is 0 Å². The summed E-state index contributed by atoms with van der Waals surface area (Å²) in [4.78, 5) is 11.4. The van der Waals surface area contributed by atoms with Crippen molar-refractivity contribution in [3.63, 3.8) is 0 Å². The van der Waals surface area contributed by atoms with Crippen molar-refractivity contribution in [2.45, 2.75) is 19.9 Å². The third kappa shape index (κ3) is 3.54. The van der Waals surface area contributed by atoms with Gasteiger partial charge in [-0.25, -0.2) is 4.98 Å². The molecule has 5 heteroatoms. The summed E-state index contributed by atoms with van der Waals surface area (Å²) in [6.07, 6.45) is 0. The van der Waals surface area contributed by atoms with Crippen LogP contribution < -0.4 is 10.2 Å². The van der Waals surface area contributed by atoms with Crippen LogP contribution in [0.3, 0.4) is 0 Å². The van der Waals surface area contributed by atoms with Gasteiger partial charge in [0.15, 0.2) is 0 Å². The van der Waals surface area contributed by atoms with Crippen molar-refractivity contribution in [2.24, 2.45) is 0 Å². The smallest absolute Gasteiger partial charge is 0.225 e. The van der Waals surface area contributed by atoms with Crippen molar-refractivity contribution >= 4 is 11.8 Å². The molecule has 1 unspecified atom stereocenters. The van der Waals surface area contributed by atoms with Gasteiger partial charge < -0.3 is 15.0 Å². The summed E-state index contributed by atoms with van der Waals surface area (Å²) < 4.78 is 5.40. The number of benzene rings is 1. The summed E-state index contributed by atoms with van der Waals surface area (Å²) in [7, 11) is 0. The van der Waals surface area contributed by atoms with Gasteiger partial charge in [-0.05, 0) is 19.4 Å². The zero-order chi connectivity index (χ0) is 15.4. The summed E-state index contributed by atoms with van der Waals surface area (Å²) in [6, 6.07) is 12.5. The van der Waals surface area contributed by atoms with Gasteiger partial charge >= 0.3 is 0 Å². The van der Waals surface area contributed by atoms with Crippen LogP contribution in [0.4, 0.5) is 11.8 Å². The molecular formula is C17H22N4O. The second-order valence-electron chi connectivity index (χ2n) is 5.57. The molecule has 2 heterocycles. The average molecular weight is 298 g/mol. The van der Waals surface area contributed by atoms with E-state index in [0.29, 0.717) is 5.95 Å². The molecule has 1 atom stereocenters. The fourth-order valence-corrected chi connectivity index (χ4v) is 2.59. The highest BCUT2D eigenvalue weighted by Gasteiger charge is 2.15. The number of hydrogen-bond donors (Lipinski definition) is 1. The maximum absolute atomic E-state index is 5.40. The number of nitrogens with one attached hydrogen (secondary N) is 1. The lowest BCUT2D eigenvalue weighted by Gasteiger charge is -2.28. The van der Waals surface area contributed by atoms with Crippen molar-refractivity contribution in [3.8, 4) is 0 Å². The van der Waals surface area contributed by atoms with E-state index in [0.717, 1.165) is 37.8 Å². The molecule has 0 spiro atoms. The predicted molar refractivity (Wildman–Crippen MR) is 88.3 cm³/mol. The van der Waals surface area contributed by atoms with Gasteiger partial charge in [0.05, 0.1) is 19.3 Å². The summed E-state index contributed by atoms with van der Waals surface area (Å²) in [5, 5.41) is 3.40. The van der Waals surface area contributed by atoms with Crippen LogP contribution in [0.2, 0.25) is 0 Å². The number of aryl methyl sites for hydroxylation is 1. The minimum absolute atomic E-state index is 0.167. The first-order chi connectivity index (χ1) is 10.7. The molecule has 5 nitrogen and oxygen atoms in total. The zero-order valence-corrected chi connectivity index (χ0v) is 13.1. The molecule has 116 valence electrons. The van der Waals surface area contributed by atoms with Crippen LogP contribution in [0.15, 0.2) is 36.4 Å². The Hall–Kier alpha value is -2.14. The number of rotatable bonds is 4. The Kier molecular flexibility index (Phi) is 4.53. The molecule has 1 N–H and O–H groups in total. The van der Waals surface area contributed by atoms with Crippen LogP contribution in [0.1, 0.15) is 24.2 Å². The molecule has 2 aromatic rings. The zero-order valence-electron chi connectivity index (χ0n) is 13.1. The number of aromatic nitrogens is 2. The van der Waals surface area contributed by atoms with E-state index in [1.807, 2.05) is 31.2 Å². The normalized spacial score (nSPS) is 16.4. The third-order valence-corrected chi connectivity index (χ3v) is 3.82. The first kappa shape index (κ1) is 14.8. The van der Waals surface area contributed by atoms with Crippen molar-refractivity contribution in [3.05, 3.63) is 47.7 Å². The van der Waals surface area contributed by atoms with E-state index in [2.05, 4.69) is 39.2 Å². The van der Waals surface area contributed by atoms with E-state index in [1.165, 1.54) is 5.56 Å². The number of morpholine rings is 1. The summed E-state index contributed by atoms with van der Waals surface area (Å²) >= 11 is 0. The van der Waals surface area contributed by atoms with Crippen LogP contribution in [-0.4, -0.2) is 36.3 Å². The van der Waals surface area contributed by atoms with E-state index < -0.39 is 0 Å². The van der Waals surface area contributed by atoms with Gasteiger partial charge in [-0.3, -0.25) is 0 Å². The first-order valence-corrected chi connectivity index (χ1v) is 7.72. The van der Waals surface area contributed by atoms with Crippen molar-refractivity contribution < 1.29 is 4.74 Å². The van der Waals surface area contributed by atoms with Crippen molar-refractivity contribution in [1.29, 1.82) is 0 Å². The largest absolute Gasteiger partial charge is 0.378 e. The summed E-state index contributed by atoms with van der Waals surface area (Å²) in [5.74, 6) is 1.65. The highest BCUT2D eigenvalue weighted by atomic mass is 16.5. The second-order valence-corrected chi connectivity index (χ2v) is 5.57. The van der Waals surface area contributed by atoms with Crippen LogP contribution in [0, 0.1) is 6.92 Å². The molecule has 22 heavy (non-hydrogen) atoms. The molecule has 0 aliphatic carbocycles. The van der Waals surface area contributed by atoms with Crippen LogP contribution in [0.5, 0.6) is 0 Å². The Morgan fingerprint density at radius 1 is 1.14 bits per heavy atom. The Morgan fingerprint density at radius 3 is 2.59 bits per heavy atom. The molecule has 1 fully saturated rings. The number of hydrogen-bond acceptors (Lipinski definition) is 5. The highest BCUT2D eigenvalue weighted by molar-refractivity contribution is 5.46. The lowest BCUT2D eigenvalue weighted by molar-refractivity contribution is 0.122. The highest BCUT2D eigenvalue weighted by Crippen LogP contribution is 2.20. The monoisotopic (exact) mass is 298 g/mol. The minimum Gasteiger partial charge on any atom is -0.378 e. The molecule has 3 rings (SSSR count). The van der Waals surface area contributed by atoms with Gasteiger partial charge in [-0.15, -0.1) is 0 Å². The van der Waals surface area contributed by atoms with E-state index in [1.54, 1.807) is 0 Å². The van der Waals surface area contributed by atoms with Crippen LogP contribution in [-0.2, 0) is 4.74 Å². The standard InChI is InChI=1S/C17H22N4O/c1-13-12-16(21-8-10-22-11-9-21)20-17(18-13)19-14(2)15-6-4-3-5-7-15/h3-7,12,14H,8-11H2,1-2H3,(H,18,19,20). The average Bonchev–Trinajstić information content (AvgIpc) is 2.56. The molecule has 0 amide bonds. The molecule has 0 saturated carbocycles. The van der Waals surface area contributed by atoms with Gasteiger partial charge in [0.2, 0.25) is 5.95 Å². The quantitative estimate of drug-likeness (QED) is 0.940.